The summed E-state index contributed by atoms with van der Waals surface area (Å²) < 4.78 is 25.3. The number of aryl methyl sites for hydroxylation is 1. The van der Waals surface area contributed by atoms with Crippen LogP contribution < -0.4 is 0 Å². The lowest BCUT2D eigenvalue weighted by Crippen LogP contribution is -2.20. The lowest BCUT2D eigenvalue weighted by molar-refractivity contribution is 0.326. The summed E-state index contributed by atoms with van der Waals surface area (Å²) >= 11 is 0. The number of nitrogens with zero attached hydrogens (tertiary/aromatic N) is 4. The molecule has 0 radical (unpaired) electrons. The molecule has 1 N–H and O–H groups in total. The standard InChI is InChI=1S/C13H19N5O2S/c1-17-7-10(5-15-17)8-18-4-3-11(9-18)13-12(6-14-16-13)21(2,19)20/h5-7,11H,3-4,8-9H2,1-2H3,(H,14,16)/t11-/m0/s1. The molecule has 0 unspecified atom stereocenters. The van der Waals surface area contributed by atoms with Gasteiger partial charge in [-0.3, -0.25) is 14.7 Å². The molecule has 0 aromatic carbocycles. The van der Waals surface area contributed by atoms with Crippen LogP contribution in [0, 0.1) is 0 Å². The number of hydrogen-bond donors (Lipinski definition) is 1. The second-order valence-corrected chi connectivity index (χ2v) is 7.65. The summed E-state index contributed by atoms with van der Waals surface area (Å²) in [5, 5.41) is 10.9. The molecule has 8 heteroatoms. The third kappa shape index (κ3) is 3.01. The third-order valence-electron chi connectivity index (χ3n) is 3.88. The number of sulfone groups is 1. The van der Waals surface area contributed by atoms with Crippen LogP contribution in [-0.4, -0.2) is 52.6 Å². The van der Waals surface area contributed by atoms with Crippen LogP contribution in [-0.2, 0) is 23.4 Å². The highest BCUT2D eigenvalue weighted by Crippen LogP contribution is 2.30. The number of aromatic nitrogens is 4. The summed E-state index contributed by atoms with van der Waals surface area (Å²) in [7, 11) is -1.32. The molecule has 3 rings (SSSR count). The Balaban J connectivity index is 1.71. The quantitative estimate of drug-likeness (QED) is 0.891. The monoisotopic (exact) mass is 309 g/mol. The highest BCUT2D eigenvalue weighted by molar-refractivity contribution is 7.90. The van der Waals surface area contributed by atoms with Gasteiger partial charge in [-0.15, -0.1) is 0 Å². The fraction of sp³-hybridized carbons (Fsp3) is 0.538. The summed E-state index contributed by atoms with van der Waals surface area (Å²) in [6.07, 6.45) is 7.44. The van der Waals surface area contributed by atoms with E-state index in [9.17, 15) is 8.42 Å². The number of hydrogen-bond acceptors (Lipinski definition) is 5. The molecule has 0 saturated carbocycles. The minimum absolute atomic E-state index is 0.189. The van der Waals surface area contributed by atoms with Gasteiger partial charge in [0.15, 0.2) is 9.84 Å². The van der Waals surface area contributed by atoms with Crippen molar-refractivity contribution in [1.29, 1.82) is 0 Å². The molecule has 1 saturated heterocycles. The lowest BCUT2D eigenvalue weighted by Gasteiger charge is -2.14. The Kier molecular flexibility index (Phi) is 3.58. The summed E-state index contributed by atoms with van der Waals surface area (Å²) in [6.45, 7) is 2.62. The summed E-state index contributed by atoms with van der Waals surface area (Å²) in [5.41, 5.74) is 1.91. The normalized spacial score (nSPS) is 20.2. The van der Waals surface area contributed by atoms with Crippen molar-refractivity contribution in [2.24, 2.45) is 7.05 Å². The van der Waals surface area contributed by atoms with E-state index < -0.39 is 9.84 Å². The van der Waals surface area contributed by atoms with Crippen molar-refractivity contribution in [3.8, 4) is 0 Å². The molecule has 0 aliphatic carbocycles. The largest absolute Gasteiger partial charge is 0.298 e. The van der Waals surface area contributed by atoms with Crippen molar-refractivity contribution < 1.29 is 8.42 Å². The van der Waals surface area contributed by atoms with E-state index in [4.69, 9.17) is 0 Å². The average molecular weight is 309 g/mol. The highest BCUT2D eigenvalue weighted by atomic mass is 32.2. The van der Waals surface area contributed by atoms with Gasteiger partial charge in [0.25, 0.3) is 0 Å². The van der Waals surface area contributed by atoms with Gasteiger partial charge in [0.2, 0.25) is 0 Å². The van der Waals surface area contributed by atoms with Gasteiger partial charge in [-0.2, -0.15) is 10.2 Å². The van der Waals surface area contributed by atoms with Crippen LogP contribution in [0.2, 0.25) is 0 Å². The zero-order chi connectivity index (χ0) is 15.0. The van der Waals surface area contributed by atoms with Gasteiger partial charge in [0.05, 0.1) is 18.1 Å². The highest BCUT2D eigenvalue weighted by Gasteiger charge is 2.29. The van der Waals surface area contributed by atoms with Gasteiger partial charge < -0.3 is 0 Å². The Morgan fingerprint density at radius 2 is 2.24 bits per heavy atom. The second kappa shape index (κ2) is 5.27. The minimum Gasteiger partial charge on any atom is -0.298 e. The van der Waals surface area contributed by atoms with Crippen molar-refractivity contribution in [3.05, 3.63) is 29.8 Å². The first-order chi connectivity index (χ1) is 9.93. The van der Waals surface area contributed by atoms with Crippen LogP contribution >= 0.6 is 0 Å². The molecular formula is C13H19N5O2S. The fourth-order valence-corrected chi connectivity index (χ4v) is 3.75. The average Bonchev–Trinajstić information content (AvgIpc) is 3.08. The molecule has 2 aromatic heterocycles. The minimum atomic E-state index is -3.23. The number of H-pyrrole nitrogens is 1. The molecule has 2 aromatic rings. The molecule has 1 atom stereocenters. The number of aromatic amines is 1. The van der Waals surface area contributed by atoms with Gasteiger partial charge in [0, 0.05) is 44.1 Å². The van der Waals surface area contributed by atoms with E-state index in [-0.39, 0.29) is 5.92 Å². The molecular weight excluding hydrogens is 290 g/mol. The number of nitrogens with one attached hydrogen (secondary N) is 1. The van der Waals surface area contributed by atoms with Gasteiger partial charge in [-0.1, -0.05) is 0 Å². The first-order valence-corrected chi connectivity index (χ1v) is 8.76. The van der Waals surface area contributed by atoms with Crippen LogP contribution in [0.15, 0.2) is 23.5 Å². The van der Waals surface area contributed by atoms with Gasteiger partial charge in [-0.25, -0.2) is 8.42 Å². The summed E-state index contributed by atoms with van der Waals surface area (Å²) in [4.78, 5) is 2.64. The Bertz CT molecular complexity index is 733. The molecule has 21 heavy (non-hydrogen) atoms. The first kappa shape index (κ1) is 14.3. The second-order valence-electron chi connectivity index (χ2n) is 5.66. The van der Waals surface area contributed by atoms with E-state index in [0.29, 0.717) is 4.90 Å². The number of rotatable bonds is 4. The fourth-order valence-electron chi connectivity index (χ4n) is 2.90. The first-order valence-electron chi connectivity index (χ1n) is 6.86. The van der Waals surface area contributed by atoms with Crippen molar-refractivity contribution in [2.75, 3.05) is 19.3 Å². The molecule has 0 bridgehead atoms. The van der Waals surface area contributed by atoms with Gasteiger partial charge in [0.1, 0.15) is 4.90 Å². The van der Waals surface area contributed by atoms with Gasteiger partial charge >= 0.3 is 0 Å². The van der Waals surface area contributed by atoms with Crippen LogP contribution in [0.4, 0.5) is 0 Å². The van der Waals surface area contributed by atoms with Crippen molar-refractivity contribution in [1.82, 2.24) is 24.9 Å². The Morgan fingerprint density at radius 1 is 1.43 bits per heavy atom. The Hall–Kier alpha value is -1.67. The maximum absolute atomic E-state index is 11.8. The lowest BCUT2D eigenvalue weighted by atomic mass is 10.1. The van der Waals surface area contributed by atoms with Crippen molar-refractivity contribution >= 4 is 9.84 Å². The molecule has 0 amide bonds. The molecule has 7 nitrogen and oxygen atoms in total. The predicted molar refractivity (Wildman–Crippen MR) is 77.5 cm³/mol. The topological polar surface area (TPSA) is 83.9 Å². The van der Waals surface area contributed by atoms with E-state index in [1.807, 2.05) is 19.4 Å². The Morgan fingerprint density at radius 3 is 2.90 bits per heavy atom. The third-order valence-corrected chi connectivity index (χ3v) is 5.00. The van der Waals surface area contributed by atoms with Crippen LogP contribution in [0.1, 0.15) is 23.6 Å². The molecule has 1 fully saturated rings. The van der Waals surface area contributed by atoms with E-state index in [0.717, 1.165) is 31.7 Å². The van der Waals surface area contributed by atoms with Crippen molar-refractivity contribution in [3.63, 3.8) is 0 Å². The van der Waals surface area contributed by atoms with E-state index in [1.54, 1.807) is 4.68 Å². The molecule has 0 spiro atoms. The smallest absolute Gasteiger partial charge is 0.178 e. The maximum atomic E-state index is 11.8. The summed E-state index contributed by atoms with van der Waals surface area (Å²) in [5.74, 6) is 0.189. The molecule has 3 heterocycles. The van der Waals surface area contributed by atoms with Crippen molar-refractivity contribution in [2.45, 2.75) is 23.8 Å². The zero-order valence-corrected chi connectivity index (χ0v) is 13.0. The number of likely N-dealkylation sites (tertiary alicyclic amines) is 1. The van der Waals surface area contributed by atoms with Crippen LogP contribution in [0.25, 0.3) is 0 Å². The Labute approximate surface area is 123 Å². The molecule has 1 aliphatic heterocycles. The van der Waals surface area contributed by atoms with E-state index >= 15 is 0 Å². The van der Waals surface area contributed by atoms with Crippen LogP contribution in [0.3, 0.4) is 0 Å². The summed E-state index contributed by atoms with van der Waals surface area (Å²) in [6, 6.07) is 0. The van der Waals surface area contributed by atoms with Crippen LogP contribution in [0.5, 0.6) is 0 Å². The zero-order valence-electron chi connectivity index (χ0n) is 12.2. The molecule has 114 valence electrons. The predicted octanol–water partition coefficient (Wildman–Crippen LogP) is 0.536. The van der Waals surface area contributed by atoms with E-state index in [1.165, 1.54) is 18.0 Å². The van der Waals surface area contributed by atoms with E-state index in [2.05, 4.69) is 20.2 Å². The molecule has 1 aliphatic rings. The maximum Gasteiger partial charge on any atom is 0.178 e. The van der Waals surface area contributed by atoms with Gasteiger partial charge in [-0.05, 0) is 13.0 Å². The SMILES string of the molecule is Cn1cc(CN2CC[C@H](c3[nH]ncc3S(C)(=O)=O)C2)cn1.